The quantitative estimate of drug-likeness (QED) is 0.656. The fourth-order valence-corrected chi connectivity index (χ4v) is 3.36. The van der Waals surface area contributed by atoms with E-state index in [1.54, 1.807) is 0 Å². The second-order valence-corrected chi connectivity index (χ2v) is 6.40. The normalized spacial score (nSPS) is 24.2. The molecule has 0 unspecified atom stereocenters. The summed E-state index contributed by atoms with van der Waals surface area (Å²) >= 11 is 0. The number of methoxy groups -OCH3 is 3. The molecule has 12 heteroatoms. The van der Waals surface area contributed by atoms with Crippen molar-refractivity contribution in [2.45, 2.75) is 24.9 Å². The number of benzene rings is 1. The average Bonchev–Trinajstić information content (AvgIpc) is 2.69. The van der Waals surface area contributed by atoms with Crippen LogP contribution in [0.3, 0.4) is 0 Å². The topological polar surface area (TPSA) is 107 Å². The Morgan fingerprint density at radius 2 is 1.73 bits per heavy atom. The number of amides is 2. The monoisotopic (exact) mass is 436 g/mol. The molecule has 3 atom stereocenters. The van der Waals surface area contributed by atoms with Crippen molar-refractivity contribution < 1.29 is 46.8 Å². The predicted molar refractivity (Wildman–Crippen MR) is 96.3 cm³/mol. The number of nitrogens with zero attached hydrogens (tertiary/aromatic N) is 1. The van der Waals surface area contributed by atoms with Crippen LogP contribution >= 0.6 is 0 Å². The van der Waals surface area contributed by atoms with Crippen LogP contribution in [0.25, 0.3) is 0 Å². The maximum atomic E-state index is 13.9. The van der Waals surface area contributed by atoms with Crippen molar-refractivity contribution in [3.8, 4) is 17.2 Å². The van der Waals surface area contributed by atoms with Gasteiger partial charge in [0.05, 0.1) is 34.0 Å². The molecule has 0 aromatic heterocycles. The molecule has 2 rings (SSSR count). The van der Waals surface area contributed by atoms with Gasteiger partial charge in [-0.2, -0.15) is 13.2 Å². The van der Waals surface area contributed by atoms with Crippen molar-refractivity contribution in [3.63, 3.8) is 0 Å². The zero-order chi connectivity index (χ0) is 22.9. The van der Waals surface area contributed by atoms with Crippen molar-refractivity contribution in [2.24, 2.45) is 5.92 Å². The number of halogens is 3. The minimum absolute atomic E-state index is 0.00618. The van der Waals surface area contributed by atoms with Crippen LogP contribution in [-0.4, -0.2) is 68.9 Å². The summed E-state index contributed by atoms with van der Waals surface area (Å²) in [6.45, 7) is 1.17. The molecule has 2 amide bonds. The van der Waals surface area contributed by atoms with Crippen molar-refractivity contribution in [3.05, 3.63) is 17.7 Å². The van der Waals surface area contributed by atoms with Crippen LogP contribution in [0.1, 0.15) is 18.5 Å². The van der Waals surface area contributed by atoms with E-state index in [0.717, 1.165) is 7.05 Å². The largest absolute Gasteiger partial charge is 0.493 e. The number of aliphatic hydroxyl groups is 1. The number of hydrogen-bond donors (Lipinski definition) is 2. The molecule has 168 valence electrons. The van der Waals surface area contributed by atoms with Crippen LogP contribution in [0.5, 0.6) is 17.2 Å². The highest BCUT2D eigenvalue weighted by atomic mass is 19.4. The molecule has 0 aliphatic carbocycles. The molecule has 0 spiro atoms. The summed E-state index contributed by atoms with van der Waals surface area (Å²) in [6.07, 6.45) is -5.37. The Kier molecular flexibility index (Phi) is 6.60. The summed E-state index contributed by atoms with van der Waals surface area (Å²) in [7, 11) is 4.66. The van der Waals surface area contributed by atoms with E-state index in [0.29, 0.717) is 0 Å². The Morgan fingerprint density at radius 3 is 2.13 bits per heavy atom. The molecule has 30 heavy (non-hydrogen) atoms. The molecule has 0 bridgehead atoms. The third-order valence-corrected chi connectivity index (χ3v) is 4.87. The zero-order valence-corrected chi connectivity index (χ0v) is 17.0. The molecule has 1 fully saturated rings. The first-order valence-corrected chi connectivity index (χ1v) is 8.77. The van der Waals surface area contributed by atoms with Crippen molar-refractivity contribution in [1.82, 2.24) is 10.2 Å². The summed E-state index contributed by atoms with van der Waals surface area (Å²) in [4.78, 5) is 24.9. The summed E-state index contributed by atoms with van der Waals surface area (Å²) in [6, 6.07) is -0.302. The van der Waals surface area contributed by atoms with Gasteiger partial charge >= 0.3 is 18.2 Å². The van der Waals surface area contributed by atoms with Gasteiger partial charge in [0.25, 0.3) is 5.72 Å². The number of carbonyl (C=O) groups is 2. The molecule has 1 aromatic rings. The Bertz CT molecular complexity index is 792. The van der Waals surface area contributed by atoms with E-state index in [1.165, 1.54) is 40.4 Å². The van der Waals surface area contributed by atoms with Gasteiger partial charge in [0.2, 0.25) is 5.75 Å². The van der Waals surface area contributed by atoms with Gasteiger partial charge in [-0.15, -0.1) is 0 Å². The maximum Gasteiger partial charge on any atom is 0.437 e. The second kappa shape index (κ2) is 8.46. The molecule has 9 nitrogen and oxygen atoms in total. The van der Waals surface area contributed by atoms with Gasteiger partial charge in [-0.1, -0.05) is 0 Å². The van der Waals surface area contributed by atoms with Gasteiger partial charge in [0.15, 0.2) is 11.5 Å². The van der Waals surface area contributed by atoms with E-state index in [4.69, 9.17) is 18.9 Å². The molecule has 1 aliphatic rings. The predicted octanol–water partition coefficient (Wildman–Crippen LogP) is 1.84. The van der Waals surface area contributed by atoms with Crippen LogP contribution in [0, 0.1) is 5.92 Å². The Hall–Kier alpha value is -2.89. The zero-order valence-electron chi connectivity index (χ0n) is 17.0. The van der Waals surface area contributed by atoms with E-state index in [-0.39, 0.29) is 34.3 Å². The summed E-state index contributed by atoms with van der Waals surface area (Å²) in [5, 5.41) is 13.0. The molecule has 2 N–H and O–H groups in total. The van der Waals surface area contributed by atoms with Crippen LogP contribution in [0.4, 0.5) is 18.0 Å². The second-order valence-electron chi connectivity index (χ2n) is 6.40. The first kappa shape index (κ1) is 23.4. The lowest BCUT2D eigenvalue weighted by atomic mass is 9.81. The molecule has 0 radical (unpaired) electrons. The Labute approximate surface area is 170 Å². The summed E-state index contributed by atoms with van der Waals surface area (Å²) in [5.74, 6) is -3.27. The molecule has 1 heterocycles. The number of carbonyl (C=O) groups excluding carboxylic acids is 2. The lowest BCUT2D eigenvalue weighted by molar-refractivity contribution is -0.328. The highest BCUT2D eigenvalue weighted by Gasteiger charge is 2.69. The molecule has 0 saturated carbocycles. The van der Waals surface area contributed by atoms with Crippen molar-refractivity contribution in [2.75, 3.05) is 35.0 Å². The van der Waals surface area contributed by atoms with Gasteiger partial charge in [0, 0.05) is 7.05 Å². The molecule has 1 aliphatic heterocycles. The summed E-state index contributed by atoms with van der Waals surface area (Å²) in [5.41, 5.74) is -3.82. The third-order valence-electron chi connectivity index (χ3n) is 4.87. The number of nitrogens with one attached hydrogen (secondary N) is 1. The van der Waals surface area contributed by atoms with E-state index in [2.05, 4.69) is 5.32 Å². The average molecular weight is 436 g/mol. The Morgan fingerprint density at radius 1 is 1.20 bits per heavy atom. The van der Waals surface area contributed by atoms with Gasteiger partial charge in [-0.3, -0.25) is 9.69 Å². The highest BCUT2D eigenvalue weighted by Crippen LogP contribution is 2.49. The molecular formula is C18H23F3N2O7. The first-order valence-electron chi connectivity index (χ1n) is 8.77. The van der Waals surface area contributed by atoms with Gasteiger partial charge < -0.3 is 29.4 Å². The summed E-state index contributed by atoms with van der Waals surface area (Å²) < 4.78 is 62.2. The fraction of sp³-hybridized carbons (Fsp3) is 0.556. The lowest BCUT2D eigenvalue weighted by Gasteiger charge is -2.49. The number of rotatable bonds is 6. The maximum absolute atomic E-state index is 13.9. The van der Waals surface area contributed by atoms with E-state index in [1.807, 2.05) is 0 Å². The van der Waals surface area contributed by atoms with Crippen molar-refractivity contribution >= 4 is 12.0 Å². The molecule has 1 aromatic carbocycles. The standard InChI is InChI=1S/C18H23F3N2O7/c1-6-30-15(24)12-13(22-16(25)23(2)17(12,26)18(19,20)21)9-7-10(27-3)14(29-5)11(8-9)28-4/h7-8,12-13,26H,6H2,1-5H3,(H,22,25)/t12-,13+,17+/m0/s1. The molecular weight excluding hydrogens is 413 g/mol. The van der Waals surface area contributed by atoms with Gasteiger partial charge in [0.1, 0.15) is 5.92 Å². The number of esters is 1. The van der Waals surface area contributed by atoms with E-state index in [9.17, 15) is 27.9 Å². The minimum atomic E-state index is -5.37. The van der Waals surface area contributed by atoms with Gasteiger partial charge in [-0.05, 0) is 24.6 Å². The number of urea groups is 1. The number of ether oxygens (including phenoxy) is 4. The SMILES string of the molecule is CCOC(=O)[C@@H]1[C@@H](c2cc(OC)c(OC)c(OC)c2)NC(=O)N(C)[C@]1(O)C(F)(F)F. The van der Waals surface area contributed by atoms with Crippen LogP contribution in [-0.2, 0) is 9.53 Å². The number of alkyl halides is 3. The van der Waals surface area contributed by atoms with Crippen molar-refractivity contribution in [1.29, 1.82) is 0 Å². The van der Waals surface area contributed by atoms with E-state index >= 15 is 0 Å². The van der Waals surface area contributed by atoms with Crippen LogP contribution in [0.2, 0.25) is 0 Å². The van der Waals surface area contributed by atoms with Gasteiger partial charge in [-0.25, -0.2) is 4.79 Å². The Balaban J connectivity index is 2.75. The lowest BCUT2D eigenvalue weighted by Crippen LogP contribution is -2.73. The smallest absolute Gasteiger partial charge is 0.437 e. The third kappa shape index (κ3) is 3.66. The van der Waals surface area contributed by atoms with Crippen LogP contribution < -0.4 is 19.5 Å². The van der Waals surface area contributed by atoms with E-state index < -0.39 is 35.9 Å². The fourth-order valence-electron chi connectivity index (χ4n) is 3.36. The molecule has 1 saturated heterocycles. The number of hydrogen-bond acceptors (Lipinski definition) is 7. The first-order chi connectivity index (χ1) is 14.0. The van der Waals surface area contributed by atoms with Crippen LogP contribution in [0.15, 0.2) is 12.1 Å². The highest BCUT2D eigenvalue weighted by molar-refractivity contribution is 5.83. The minimum Gasteiger partial charge on any atom is -0.493 e.